The molecule has 0 saturated heterocycles. The molecule has 0 aromatic carbocycles. The van der Waals surface area contributed by atoms with E-state index < -0.39 is 0 Å². The molecule has 4 nitrogen and oxygen atoms in total. The number of halogens is 1. The Bertz CT molecular complexity index is 563. The van der Waals surface area contributed by atoms with Crippen LogP contribution < -0.4 is 0 Å². The molecule has 0 amide bonds. The van der Waals surface area contributed by atoms with E-state index in [9.17, 15) is 4.79 Å². The van der Waals surface area contributed by atoms with Crippen molar-refractivity contribution in [3.63, 3.8) is 0 Å². The highest BCUT2D eigenvalue weighted by Gasteiger charge is 2.19. The van der Waals surface area contributed by atoms with Crippen molar-refractivity contribution in [2.24, 2.45) is 0 Å². The molecule has 2 rings (SSSR count). The third-order valence-electron chi connectivity index (χ3n) is 2.48. The number of hydrogen-bond acceptors (Lipinski definition) is 3. The third kappa shape index (κ3) is 2.13. The number of carbonyl (C=O) groups excluding carboxylic acids is 1. The Labute approximate surface area is 104 Å². The predicted molar refractivity (Wildman–Crippen MR) is 65.5 cm³/mol. The summed E-state index contributed by atoms with van der Waals surface area (Å²) >= 11 is 5.89. The van der Waals surface area contributed by atoms with Gasteiger partial charge in [-0.25, -0.2) is 9.31 Å². The van der Waals surface area contributed by atoms with E-state index in [4.69, 9.17) is 16.3 Å². The lowest BCUT2D eigenvalue weighted by Crippen LogP contribution is -2.06. The topological polar surface area (TPSA) is 43.6 Å². The number of aryl methyl sites for hydroxylation is 1. The second-order valence-electron chi connectivity index (χ2n) is 3.57. The van der Waals surface area contributed by atoms with Crippen molar-refractivity contribution >= 4 is 23.1 Å². The van der Waals surface area contributed by atoms with Crippen LogP contribution in [0.1, 0.15) is 29.9 Å². The van der Waals surface area contributed by atoms with Gasteiger partial charge in [-0.15, -0.1) is 0 Å². The number of hydrogen-bond donors (Lipinski definition) is 0. The number of aromatic nitrogens is 2. The van der Waals surface area contributed by atoms with Gasteiger partial charge in [0.05, 0.1) is 22.8 Å². The van der Waals surface area contributed by atoms with Gasteiger partial charge >= 0.3 is 5.97 Å². The molecule has 0 fully saturated rings. The second-order valence-corrected chi connectivity index (χ2v) is 4.01. The summed E-state index contributed by atoms with van der Waals surface area (Å²) in [6.45, 7) is 4.09. The molecule has 0 atom stereocenters. The van der Waals surface area contributed by atoms with E-state index in [0.29, 0.717) is 23.6 Å². The smallest absolute Gasteiger partial charge is 0.342 e. The first kappa shape index (κ1) is 11.9. The lowest BCUT2D eigenvalue weighted by molar-refractivity contribution is 0.0527. The van der Waals surface area contributed by atoms with Crippen LogP contribution in [0.3, 0.4) is 0 Å². The molecule has 2 aromatic heterocycles. The van der Waals surface area contributed by atoms with Gasteiger partial charge < -0.3 is 4.74 Å². The molecule has 90 valence electrons. The maximum Gasteiger partial charge on any atom is 0.342 e. The number of ether oxygens (including phenoxy) is 1. The Morgan fingerprint density at radius 1 is 1.47 bits per heavy atom. The highest BCUT2D eigenvalue weighted by atomic mass is 35.5. The fourth-order valence-corrected chi connectivity index (χ4v) is 1.90. The van der Waals surface area contributed by atoms with Gasteiger partial charge in [-0.3, -0.25) is 0 Å². The molecule has 0 radical (unpaired) electrons. The first-order chi connectivity index (χ1) is 8.17. The summed E-state index contributed by atoms with van der Waals surface area (Å²) in [7, 11) is 0. The monoisotopic (exact) mass is 252 g/mol. The van der Waals surface area contributed by atoms with Crippen molar-refractivity contribution in [1.82, 2.24) is 9.61 Å². The average molecular weight is 253 g/mol. The minimum Gasteiger partial charge on any atom is -0.462 e. The molecule has 0 spiro atoms. The van der Waals surface area contributed by atoms with Crippen LogP contribution in [0.2, 0.25) is 5.02 Å². The number of esters is 1. The number of fused-ring (bicyclic) bond motifs is 1. The maximum absolute atomic E-state index is 11.9. The van der Waals surface area contributed by atoms with Crippen molar-refractivity contribution in [3.05, 3.63) is 34.6 Å². The van der Waals surface area contributed by atoms with Crippen LogP contribution in [-0.2, 0) is 11.2 Å². The van der Waals surface area contributed by atoms with E-state index in [1.807, 2.05) is 6.92 Å². The van der Waals surface area contributed by atoms with E-state index in [0.717, 1.165) is 11.2 Å². The number of nitrogens with zero attached hydrogens (tertiary/aromatic N) is 2. The summed E-state index contributed by atoms with van der Waals surface area (Å²) in [6.07, 6.45) is 2.35. The van der Waals surface area contributed by atoms with Crippen LogP contribution >= 0.6 is 11.6 Å². The van der Waals surface area contributed by atoms with Crippen molar-refractivity contribution in [2.75, 3.05) is 6.61 Å². The SMILES string of the molecule is CCOC(=O)c1c(CC)nn2cc(Cl)ccc12. The summed E-state index contributed by atoms with van der Waals surface area (Å²) in [5.74, 6) is -0.332. The number of rotatable bonds is 3. The summed E-state index contributed by atoms with van der Waals surface area (Å²) in [4.78, 5) is 11.9. The first-order valence-electron chi connectivity index (χ1n) is 5.51. The highest BCUT2D eigenvalue weighted by Crippen LogP contribution is 2.20. The van der Waals surface area contributed by atoms with Gasteiger partial charge in [-0.1, -0.05) is 18.5 Å². The molecule has 2 heterocycles. The van der Waals surface area contributed by atoms with Crippen molar-refractivity contribution in [3.8, 4) is 0 Å². The molecule has 0 N–H and O–H groups in total. The standard InChI is InChI=1S/C12H13ClN2O2/c1-3-9-11(12(16)17-4-2)10-6-5-8(13)7-15(10)14-9/h5-7H,3-4H2,1-2H3. The van der Waals surface area contributed by atoms with Crippen LogP contribution in [0, 0.1) is 0 Å². The maximum atomic E-state index is 11.9. The molecule has 17 heavy (non-hydrogen) atoms. The zero-order chi connectivity index (χ0) is 12.4. The molecule has 5 heteroatoms. The van der Waals surface area contributed by atoms with Crippen LogP contribution in [0.5, 0.6) is 0 Å². The predicted octanol–water partition coefficient (Wildman–Crippen LogP) is 2.73. The van der Waals surface area contributed by atoms with Gasteiger partial charge in [0, 0.05) is 6.20 Å². The zero-order valence-electron chi connectivity index (χ0n) is 9.74. The summed E-state index contributed by atoms with van der Waals surface area (Å²) in [5, 5.41) is 4.91. The molecule has 0 bridgehead atoms. The van der Waals surface area contributed by atoms with Crippen molar-refractivity contribution in [1.29, 1.82) is 0 Å². The lowest BCUT2D eigenvalue weighted by atomic mass is 10.1. The van der Waals surface area contributed by atoms with Crippen LogP contribution in [0.4, 0.5) is 0 Å². The van der Waals surface area contributed by atoms with Gasteiger partial charge in [0.2, 0.25) is 0 Å². The first-order valence-corrected chi connectivity index (χ1v) is 5.89. The van der Waals surface area contributed by atoms with E-state index in [-0.39, 0.29) is 5.97 Å². The van der Waals surface area contributed by atoms with Crippen LogP contribution in [-0.4, -0.2) is 22.2 Å². The van der Waals surface area contributed by atoms with Gasteiger partial charge in [0.1, 0.15) is 5.56 Å². The molecular formula is C12H13ClN2O2. The Morgan fingerprint density at radius 2 is 2.24 bits per heavy atom. The van der Waals surface area contributed by atoms with Gasteiger partial charge in [0.25, 0.3) is 0 Å². The average Bonchev–Trinajstić information content (AvgIpc) is 2.66. The van der Waals surface area contributed by atoms with E-state index >= 15 is 0 Å². The fraction of sp³-hybridized carbons (Fsp3) is 0.333. The summed E-state index contributed by atoms with van der Waals surface area (Å²) in [6, 6.07) is 3.52. The quantitative estimate of drug-likeness (QED) is 0.789. The Morgan fingerprint density at radius 3 is 2.88 bits per heavy atom. The molecule has 0 aliphatic carbocycles. The van der Waals surface area contributed by atoms with E-state index in [2.05, 4.69) is 5.10 Å². The van der Waals surface area contributed by atoms with E-state index in [1.165, 1.54) is 0 Å². The highest BCUT2D eigenvalue weighted by molar-refractivity contribution is 6.30. The summed E-state index contributed by atoms with van der Waals surface area (Å²) < 4.78 is 6.66. The molecule has 0 aliphatic heterocycles. The molecule has 0 saturated carbocycles. The minimum atomic E-state index is -0.332. The molecule has 0 unspecified atom stereocenters. The third-order valence-corrected chi connectivity index (χ3v) is 2.70. The van der Waals surface area contributed by atoms with Crippen LogP contribution in [0.25, 0.3) is 5.52 Å². The zero-order valence-corrected chi connectivity index (χ0v) is 10.5. The Balaban J connectivity index is 2.62. The normalized spacial score (nSPS) is 10.8. The van der Waals surface area contributed by atoms with Crippen LogP contribution in [0.15, 0.2) is 18.3 Å². The molecule has 2 aromatic rings. The number of pyridine rings is 1. The Kier molecular flexibility index (Phi) is 3.33. The molecule has 0 aliphatic rings. The Hall–Kier alpha value is -1.55. The summed E-state index contributed by atoms with van der Waals surface area (Å²) in [5.41, 5.74) is 1.99. The largest absolute Gasteiger partial charge is 0.462 e. The van der Waals surface area contributed by atoms with Gasteiger partial charge in [-0.05, 0) is 25.5 Å². The molecular weight excluding hydrogens is 240 g/mol. The second kappa shape index (κ2) is 4.75. The fourth-order valence-electron chi connectivity index (χ4n) is 1.75. The minimum absolute atomic E-state index is 0.332. The van der Waals surface area contributed by atoms with Crippen molar-refractivity contribution < 1.29 is 9.53 Å². The van der Waals surface area contributed by atoms with Gasteiger partial charge in [-0.2, -0.15) is 5.10 Å². The lowest BCUT2D eigenvalue weighted by Gasteiger charge is -2.01. The van der Waals surface area contributed by atoms with Gasteiger partial charge in [0.15, 0.2) is 0 Å². The van der Waals surface area contributed by atoms with E-state index in [1.54, 1.807) is 29.8 Å². The van der Waals surface area contributed by atoms with Crippen molar-refractivity contribution in [2.45, 2.75) is 20.3 Å². The number of carbonyl (C=O) groups is 1.